The molecule has 1 aromatic carbocycles. The molecule has 1 aliphatic rings. The fraction of sp³-hybridized carbons (Fsp3) is 0.562. The molecule has 6 heteroatoms. The number of urea groups is 1. The minimum absolute atomic E-state index is 0.0341. The molecule has 2 N–H and O–H groups in total. The lowest BCUT2D eigenvalue weighted by Crippen LogP contribution is -2.44. The molecule has 0 aliphatic carbocycles. The Kier molecular flexibility index (Phi) is 6.34. The lowest BCUT2D eigenvalue weighted by molar-refractivity contribution is 0.156. The van der Waals surface area contributed by atoms with Crippen molar-refractivity contribution in [1.29, 1.82) is 0 Å². The lowest BCUT2D eigenvalue weighted by Gasteiger charge is -2.23. The molecular formula is C16H23ClN2O3. The highest BCUT2D eigenvalue weighted by atomic mass is 35.5. The summed E-state index contributed by atoms with van der Waals surface area (Å²) in [6.45, 7) is 3.79. The van der Waals surface area contributed by atoms with E-state index in [-0.39, 0.29) is 18.7 Å². The third kappa shape index (κ3) is 4.52. The summed E-state index contributed by atoms with van der Waals surface area (Å²) >= 11 is 5.90. The van der Waals surface area contributed by atoms with Crippen molar-refractivity contribution in [3.8, 4) is 5.75 Å². The summed E-state index contributed by atoms with van der Waals surface area (Å²) in [6, 6.07) is 5.38. The van der Waals surface area contributed by atoms with Crippen LogP contribution >= 0.6 is 11.6 Å². The van der Waals surface area contributed by atoms with E-state index in [2.05, 4.69) is 5.32 Å². The van der Waals surface area contributed by atoms with Gasteiger partial charge in [0.1, 0.15) is 5.75 Å². The number of nitrogens with zero attached hydrogens (tertiary/aromatic N) is 1. The number of aliphatic hydroxyl groups is 1. The van der Waals surface area contributed by atoms with E-state index in [0.29, 0.717) is 18.2 Å². The summed E-state index contributed by atoms with van der Waals surface area (Å²) in [4.78, 5) is 13.7. The van der Waals surface area contributed by atoms with Gasteiger partial charge in [-0.3, -0.25) is 0 Å². The van der Waals surface area contributed by atoms with Crippen LogP contribution in [-0.4, -0.2) is 48.4 Å². The van der Waals surface area contributed by atoms with Gasteiger partial charge < -0.3 is 20.1 Å². The number of halogens is 1. The van der Waals surface area contributed by atoms with E-state index in [0.717, 1.165) is 37.1 Å². The maximum atomic E-state index is 12.0. The molecule has 22 heavy (non-hydrogen) atoms. The zero-order valence-electron chi connectivity index (χ0n) is 12.8. The molecular weight excluding hydrogens is 304 g/mol. The van der Waals surface area contributed by atoms with Crippen LogP contribution in [0.3, 0.4) is 0 Å². The normalized spacial score (nSPS) is 17.6. The van der Waals surface area contributed by atoms with Crippen molar-refractivity contribution in [2.45, 2.75) is 32.2 Å². The Morgan fingerprint density at radius 1 is 1.55 bits per heavy atom. The highest BCUT2D eigenvalue weighted by Gasteiger charge is 2.27. The Labute approximate surface area is 136 Å². The Bertz CT molecular complexity index is 510. The standard InChI is InChI=1S/C16H23ClN2O3/c1-12-10-13(17)5-6-15(12)22-9-3-7-18-16(21)19-8-2-4-14(19)11-20/h5-6,10,14,20H,2-4,7-9,11H2,1H3,(H,18,21). The number of nitrogens with one attached hydrogen (secondary N) is 1. The van der Waals surface area contributed by atoms with Gasteiger partial charge in [0, 0.05) is 18.1 Å². The largest absolute Gasteiger partial charge is 0.493 e. The molecule has 1 heterocycles. The van der Waals surface area contributed by atoms with Crippen LogP contribution in [0.15, 0.2) is 18.2 Å². The monoisotopic (exact) mass is 326 g/mol. The predicted molar refractivity (Wildman–Crippen MR) is 86.5 cm³/mol. The lowest BCUT2D eigenvalue weighted by atomic mass is 10.2. The number of amides is 2. The number of aliphatic hydroxyl groups excluding tert-OH is 1. The quantitative estimate of drug-likeness (QED) is 0.790. The van der Waals surface area contributed by atoms with E-state index in [4.69, 9.17) is 16.3 Å². The zero-order chi connectivity index (χ0) is 15.9. The van der Waals surface area contributed by atoms with Crippen molar-refractivity contribution in [1.82, 2.24) is 10.2 Å². The molecule has 1 fully saturated rings. The molecule has 122 valence electrons. The number of carbonyl (C=O) groups excluding carboxylic acids is 1. The number of ether oxygens (including phenoxy) is 1. The van der Waals surface area contributed by atoms with Crippen LogP contribution < -0.4 is 10.1 Å². The third-order valence-corrected chi connectivity index (χ3v) is 4.08. The van der Waals surface area contributed by atoms with Crippen molar-refractivity contribution in [2.24, 2.45) is 0 Å². The van der Waals surface area contributed by atoms with Crippen LogP contribution in [0.5, 0.6) is 5.75 Å². The topological polar surface area (TPSA) is 61.8 Å². The van der Waals surface area contributed by atoms with Crippen molar-refractivity contribution in [2.75, 3.05) is 26.3 Å². The Morgan fingerprint density at radius 3 is 3.09 bits per heavy atom. The van der Waals surface area contributed by atoms with Gasteiger partial charge in [0.05, 0.1) is 19.3 Å². The van der Waals surface area contributed by atoms with Crippen molar-refractivity contribution in [3.05, 3.63) is 28.8 Å². The second-order valence-electron chi connectivity index (χ2n) is 5.52. The van der Waals surface area contributed by atoms with Crippen LogP contribution in [0.2, 0.25) is 5.02 Å². The van der Waals surface area contributed by atoms with Gasteiger partial charge in [0.25, 0.3) is 0 Å². The summed E-state index contributed by atoms with van der Waals surface area (Å²) < 4.78 is 5.68. The van der Waals surface area contributed by atoms with Gasteiger partial charge >= 0.3 is 6.03 Å². The molecule has 1 atom stereocenters. The Hall–Kier alpha value is -1.46. The number of likely N-dealkylation sites (tertiary alicyclic amines) is 1. The van der Waals surface area contributed by atoms with Gasteiger partial charge in [0.2, 0.25) is 0 Å². The summed E-state index contributed by atoms with van der Waals surface area (Å²) in [7, 11) is 0. The van der Waals surface area contributed by atoms with Crippen LogP contribution in [0.25, 0.3) is 0 Å². The number of benzene rings is 1. The molecule has 5 nitrogen and oxygen atoms in total. The SMILES string of the molecule is Cc1cc(Cl)ccc1OCCCNC(=O)N1CCCC1CO. The summed E-state index contributed by atoms with van der Waals surface area (Å²) in [5, 5.41) is 12.8. The first-order valence-corrected chi connectivity index (χ1v) is 8.04. The van der Waals surface area contributed by atoms with Crippen LogP contribution in [0.1, 0.15) is 24.8 Å². The number of carbonyl (C=O) groups is 1. The van der Waals surface area contributed by atoms with Gasteiger partial charge in [-0.25, -0.2) is 4.79 Å². The van der Waals surface area contributed by atoms with Crippen molar-refractivity contribution in [3.63, 3.8) is 0 Å². The zero-order valence-corrected chi connectivity index (χ0v) is 13.6. The first-order chi connectivity index (χ1) is 10.6. The second kappa shape index (κ2) is 8.25. The highest BCUT2D eigenvalue weighted by Crippen LogP contribution is 2.21. The average molecular weight is 327 g/mol. The molecule has 1 saturated heterocycles. The van der Waals surface area contributed by atoms with E-state index in [9.17, 15) is 9.90 Å². The molecule has 1 unspecified atom stereocenters. The first-order valence-electron chi connectivity index (χ1n) is 7.66. The predicted octanol–water partition coefficient (Wildman–Crippen LogP) is 2.58. The second-order valence-corrected chi connectivity index (χ2v) is 5.95. The van der Waals surface area contributed by atoms with E-state index < -0.39 is 0 Å². The van der Waals surface area contributed by atoms with Gasteiger partial charge in [-0.05, 0) is 49.9 Å². The van der Waals surface area contributed by atoms with Crippen LogP contribution in [-0.2, 0) is 0 Å². The third-order valence-electron chi connectivity index (χ3n) is 3.84. The molecule has 0 radical (unpaired) electrons. The first kappa shape index (κ1) is 16.9. The average Bonchev–Trinajstić information content (AvgIpc) is 2.97. The van der Waals surface area contributed by atoms with Crippen molar-refractivity contribution < 1.29 is 14.6 Å². The number of rotatable bonds is 6. The number of hydrogen-bond acceptors (Lipinski definition) is 3. The van der Waals surface area contributed by atoms with Gasteiger partial charge in [-0.1, -0.05) is 11.6 Å². The van der Waals surface area contributed by atoms with E-state index in [1.54, 1.807) is 11.0 Å². The molecule has 1 aliphatic heterocycles. The van der Waals surface area contributed by atoms with Crippen LogP contribution in [0, 0.1) is 6.92 Å². The molecule has 0 spiro atoms. The minimum atomic E-state index is -0.0979. The van der Waals surface area contributed by atoms with Gasteiger partial charge in [-0.2, -0.15) is 0 Å². The van der Waals surface area contributed by atoms with E-state index >= 15 is 0 Å². The Balaban J connectivity index is 1.66. The molecule has 2 rings (SSSR count). The molecule has 1 aromatic rings. The smallest absolute Gasteiger partial charge is 0.317 e. The molecule has 0 bridgehead atoms. The van der Waals surface area contributed by atoms with E-state index in [1.165, 1.54) is 0 Å². The fourth-order valence-corrected chi connectivity index (χ4v) is 2.85. The molecule has 0 saturated carbocycles. The molecule has 0 aromatic heterocycles. The highest BCUT2D eigenvalue weighted by molar-refractivity contribution is 6.30. The maximum Gasteiger partial charge on any atom is 0.317 e. The van der Waals surface area contributed by atoms with Crippen molar-refractivity contribution >= 4 is 17.6 Å². The maximum absolute atomic E-state index is 12.0. The summed E-state index contributed by atoms with van der Waals surface area (Å²) in [6.07, 6.45) is 2.56. The summed E-state index contributed by atoms with van der Waals surface area (Å²) in [5.74, 6) is 0.815. The van der Waals surface area contributed by atoms with Crippen LogP contribution in [0.4, 0.5) is 4.79 Å². The van der Waals surface area contributed by atoms with Gasteiger partial charge in [-0.15, -0.1) is 0 Å². The summed E-state index contributed by atoms with van der Waals surface area (Å²) in [5.41, 5.74) is 0.999. The molecule has 2 amide bonds. The Morgan fingerprint density at radius 2 is 2.36 bits per heavy atom. The minimum Gasteiger partial charge on any atom is -0.493 e. The van der Waals surface area contributed by atoms with Gasteiger partial charge in [0.15, 0.2) is 0 Å². The fourth-order valence-electron chi connectivity index (χ4n) is 2.62. The number of hydrogen-bond donors (Lipinski definition) is 2. The number of aryl methyl sites for hydroxylation is 1. The van der Waals surface area contributed by atoms with E-state index in [1.807, 2.05) is 19.1 Å².